The predicted molar refractivity (Wildman–Crippen MR) is 101 cm³/mol. The standard InChI is InChI=1S/C19H26N6O2/c26-19(15-5-4-8-20-18(15)24-11-13-27-14-12-24)21-9-7-17-23-22-16-6-2-1-3-10-25(16)17/h4-5,8H,1-3,6-7,9-14H2,(H,21,26). The van der Waals surface area contributed by atoms with Crippen LogP contribution in [-0.4, -0.2) is 58.5 Å². The number of carbonyl (C=O) groups is 1. The summed E-state index contributed by atoms with van der Waals surface area (Å²) in [6, 6.07) is 3.63. The molecule has 0 aliphatic carbocycles. The van der Waals surface area contributed by atoms with Gasteiger partial charge in [-0.2, -0.15) is 0 Å². The highest BCUT2D eigenvalue weighted by Crippen LogP contribution is 2.18. The summed E-state index contributed by atoms with van der Waals surface area (Å²) in [5, 5.41) is 11.7. The van der Waals surface area contributed by atoms with Crippen LogP contribution in [0.15, 0.2) is 18.3 Å². The van der Waals surface area contributed by atoms with E-state index < -0.39 is 0 Å². The molecule has 1 fully saturated rings. The average molecular weight is 370 g/mol. The molecule has 4 heterocycles. The SMILES string of the molecule is O=C(NCCc1nnc2n1CCCCC2)c1cccnc1N1CCOCC1. The van der Waals surface area contributed by atoms with Crippen molar-refractivity contribution in [2.24, 2.45) is 0 Å². The summed E-state index contributed by atoms with van der Waals surface area (Å²) in [6.45, 7) is 4.35. The van der Waals surface area contributed by atoms with E-state index in [0.29, 0.717) is 31.7 Å². The zero-order chi connectivity index (χ0) is 18.5. The Labute approximate surface area is 158 Å². The number of nitrogens with one attached hydrogen (secondary N) is 1. The Kier molecular flexibility index (Phi) is 5.62. The Morgan fingerprint density at radius 3 is 2.93 bits per heavy atom. The third-order valence-corrected chi connectivity index (χ3v) is 5.16. The topological polar surface area (TPSA) is 85.2 Å². The van der Waals surface area contributed by atoms with Gasteiger partial charge in [0.2, 0.25) is 0 Å². The lowest BCUT2D eigenvalue weighted by Gasteiger charge is -2.29. The molecule has 0 atom stereocenters. The first-order valence-electron chi connectivity index (χ1n) is 9.80. The van der Waals surface area contributed by atoms with E-state index in [9.17, 15) is 4.79 Å². The van der Waals surface area contributed by atoms with Crippen LogP contribution in [0.3, 0.4) is 0 Å². The van der Waals surface area contributed by atoms with Crippen LogP contribution >= 0.6 is 0 Å². The number of pyridine rings is 1. The fraction of sp³-hybridized carbons (Fsp3) is 0.579. The van der Waals surface area contributed by atoms with Gasteiger partial charge in [-0.15, -0.1) is 10.2 Å². The zero-order valence-corrected chi connectivity index (χ0v) is 15.6. The van der Waals surface area contributed by atoms with Crippen molar-refractivity contribution in [1.82, 2.24) is 25.1 Å². The molecule has 1 N–H and O–H groups in total. The molecule has 144 valence electrons. The fourth-order valence-electron chi connectivity index (χ4n) is 3.71. The summed E-state index contributed by atoms with van der Waals surface area (Å²) in [7, 11) is 0. The van der Waals surface area contributed by atoms with Gasteiger partial charge in [-0.05, 0) is 25.0 Å². The highest BCUT2D eigenvalue weighted by molar-refractivity contribution is 5.98. The van der Waals surface area contributed by atoms with Crippen LogP contribution in [0.25, 0.3) is 0 Å². The number of aromatic nitrogens is 4. The molecule has 1 saturated heterocycles. The van der Waals surface area contributed by atoms with Crippen LogP contribution in [0.1, 0.15) is 41.3 Å². The number of aryl methyl sites for hydroxylation is 1. The number of hydrogen-bond acceptors (Lipinski definition) is 6. The van der Waals surface area contributed by atoms with Gasteiger partial charge in [0.1, 0.15) is 17.5 Å². The first-order chi connectivity index (χ1) is 13.3. The summed E-state index contributed by atoms with van der Waals surface area (Å²) in [5.41, 5.74) is 0.611. The van der Waals surface area contributed by atoms with Crippen LogP contribution in [0.5, 0.6) is 0 Å². The molecule has 0 radical (unpaired) electrons. The largest absolute Gasteiger partial charge is 0.378 e. The number of rotatable bonds is 5. The molecule has 0 saturated carbocycles. The van der Waals surface area contributed by atoms with Gasteiger partial charge in [0.15, 0.2) is 0 Å². The molecular formula is C19H26N6O2. The zero-order valence-electron chi connectivity index (χ0n) is 15.6. The van der Waals surface area contributed by atoms with Crippen LogP contribution in [0, 0.1) is 0 Å². The lowest BCUT2D eigenvalue weighted by Crippen LogP contribution is -2.38. The van der Waals surface area contributed by atoms with Crippen LogP contribution < -0.4 is 10.2 Å². The monoisotopic (exact) mass is 370 g/mol. The number of anilines is 1. The minimum Gasteiger partial charge on any atom is -0.378 e. The number of fused-ring (bicyclic) bond motifs is 1. The second-order valence-corrected chi connectivity index (χ2v) is 6.97. The van der Waals surface area contributed by atoms with Gasteiger partial charge in [-0.1, -0.05) is 6.42 Å². The lowest BCUT2D eigenvalue weighted by atomic mass is 10.2. The van der Waals surface area contributed by atoms with Gasteiger partial charge in [0.25, 0.3) is 5.91 Å². The molecule has 0 aromatic carbocycles. The van der Waals surface area contributed by atoms with E-state index in [1.165, 1.54) is 19.3 Å². The summed E-state index contributed by atoms with van der Waals surface area (Å²) >= 11 is 0. The number of carbonyl (C=O) groups excluding carboxylic acids is 1. The molecule has 8 heteroatoms. The summed E-state index contributed by atoms with van der Waals surface area (Å²) < 4.78 is 7.62. The molecule has 0 bridgehead atoms. The quantitative estimate of drug-likeness (QED) is 0.852. The van der Waals surface area contributed by atoms with Gasteiger partial charge in [0, 0.05) is 45.2 Å². The summed E-state index contributed by atoms with van der Waals surface area (Å²) in [4.78, 5) is 19.3. The van der Waals surface area contributed by atoms with E-state index in [2.05, 4.69) is 30.0 Å². The number of hydrogen-bond donors (Lipinski definition) is 1. The van der Waals surface area contributed by atoms with E-state index in [0.717, 1.165) is 43.5 Å². The highest BCUT2D eigenvalue weighted by atomic mass is 16.5. The molecule has 1 amide bonds. The van der Waals surface area contributed by atoms with E-state index >= 15 is 0 Å². The van der Waals surface area contributed by atoms with Gasteiger partial charge in [-0.25, -0.2) is 4.98 Å². The fourth-order valence-corrected chi connectivity index (χ4v) is 3.71. The van der Waals surface area contributed by atoms with Crippen molar-refractivity contribution in [1.29, 1.82) is 0 Å². The Hall–Kier alpha value is -2.48. The summed E-state index contributed by atoms with van der Waals surface area (Å²) in [6.07, 6.45) is 7.00. The van der Waals surface area contributed by atoms with Crippen molar-refractivity contribution in [2.75, 3.05) is 37.7 Å². The van der Waals surface area contributed by atoms with Crippen molar-refractivity contribution in [3.05, 3.63) is 35.5 Å². The maximum atomic E-state index is 12.7. The van der Waals surface area contributed by atoms with Crippen molar-refractivity contribution < 1.29 is 9.53 Å². The predicted octanol–water partition coefficient (Wildman–Crippen LogP) is 1.21. The van der Waals surface area contributed by atoms with Gasteiger partial charge < -0.3 is 19.5 Å². The minimum atomic E-state index is -0.0970. The van der Waals surface area contributed by atoms with Crippen molar-refractivity contribution >= 4 is 11.7 Å². The number of ether oxygens (including phenoxy) is 1. The molecule has 2 aliphatic rings. The number of nitrogens with zero attached hydrogens (tertiary/aromatic N) is 5. The molecule has 2 aliphatic heterocycles. The van der Waals surface area contributed by atoms with E-state index in [4.69, 9.17) is 4.74 Å². The second-order valence-electron chi connectivity index (χ2n) is 6.97. The highest BCUT2D eigenvalue weighted by Gasteiger charge is 2.20. The minimum absolute atomic E-state index is 0.0970. The second kappa shape index (κ2) is 8.47. The smallest absolute Gasteiger partial charge is 0.255 e. The molecule has 0 spiro atoms. The number of morpholine rings is 1. The molecule has 27 heavy (non-hydrogen) atoms. The molecule has 8 nitrogen and oxygen atoms in total. The third kappa shape index (κ3) is 4.10. The Morgan fingerprint density at radius 2 is 2.04 bits per heavy atom. The molecule has 4 rings (SSSR count). The number of amides is 1. The average Bonchev–Trinajstić information content (AvgIpc) is 2.95. The summed E-state index contributed by atoms with van der Waals surface area (Å²) in [5.74, 6) is 2.68. The Balaban J connectivity index is 1.38. The maximum absolute atomic E-state index is 12.7. The van der Waals surface area contributed by atoms with Crippen molar-refractivity contribution in [3.8, 4) is 0 Å². The van der Waals surface area contributed by atoms with Crippen molar-refractivity contribution in [2.45, 2.75) is 38.6 Å². The first kappa shape index (κ1) is 17.9. The van der Waals surface area contributed by atoms with E-state index in [1.54, 1.807) is 12.3 Å². The third-order valence-electron chi connectivity index (χ3n) is 5.16. The van der Waals surface area contributed by atoms with E-state index in [1.807, 2.05) is 6.07 Å². The van der Waals surface area contributed by atoms with Crippen LogP contribution in [0.2, 0.25) is 0 Å². The van der Waals surface area contributed by atoms with Crippen molar-refractivity contribution in [3.63, 3.8) is 0 Å². The van der Waals surface area contributed by atoms with Gasteiger partial charge in [0.05, 0.1) is 18.8 Å². The first-order valence-corrected chi connectivity index (χ1v) is 9.80. The Bertz CT molecular complexity index is 784. The van der Waals surface area contributed by atoms with Gasteiger partial charge in [-0.3, -0.25) is 4.79 Å². The van der Waals surface area contributed by atoms with Crippen LogP contribution in [-0.2, 0) is 24.1 Å². The molecule has 0 unspecified atom stereocenters. The van der Waals surface area contributed by atoms with E-state index in [-0.39, 0.29) is 5.91 Å². The lowest BCUT2D eigenvalue weighted by molar-refractivity contribution is 0.0952. The normalized spacial score (nSPS) is 17.3. The maximum Gasteiger partial charge on any atom is 0.255 e. The molecule has 2 aromatic rings. The Morgan fingerprint density at radius 1 is 1.15 bits per heavy atom. The van der Waals surface area contributed by atoms with Crippen LogP contribution in [0.4, 0.5) is 5.82 Å². The van der Waals surface area contributed by atoms with Gasteiger partial charge >= 0.3 is 0 Å². The molecular weight excluding hydrogens is 344 g/mol. The molecule has 2 aromatic heterocycles.